The van der Waals surface area contributed by atoms with E-state index in [1.54, 1.807) is 48.5 Å². The van der Waals surface area contributed by atoms with Gasteiger partial charge < -0.3 is 0 Å². The van der Waals surface area contributed by atoms with Crippen LogP contribution in [0.3, 0.4) is 0 Å². The minimum absolute atomic E-state index is 0.265. The van der Waals surface area contributed by atoms with Gasteiger partial charge in [-0.15, -0.1) is 0 Å². The molecule has 0 radical (unpaired) electrons. The predicted molar refractivity (Wildman–Crippen MR) is 83.2 cm³/mol. The molecule has 0 aliphatic carbocycles. The zero-order chi connectivity index (χ0) is 14.9. The Morgan fingerprint density at radius 2 is 1.81 bits per heavy atom. The molecule has 0 saturated heterocycles. The third-order valence-electron chi connectivity index (χ3n) is 3.21. The van der Waals surface area contributed by atoms with Crippen LogP contribution in [0.2, 0.25) is 5.02 Å². The van der Waals surface area contributed by atoms with Crippen LogP contribution in [0.15, 0.2) is 64.5 Å². The second kappa shape index (κ2) is 5.50. The standard InChI is InChI=1S/C15H13ClN2O2S/c16-13-6-4-5-12(11-13)15-17-9-10-18(15)21(19,20)14-7-2-1-3-8-14/h1-8,11H,9-10H2. The SMILES string of the molecule is O=S(=O)(c1ccccc1)N1CCN=C1c1cccc(Cl)c1. The average molecular weight is 321 g/mol. The van der Waals surface area contributed by atoms with Crippen molar-refractivity contribution in [3.63, 3.8) is 0 Å². The lowest BCUT2D eigenvalue weighted by atomic mass is 10.2. The minimum Gasteiger partial charge on any atom is -0.265 e. The maximum absolute atomic E-state index is 12.7. The summed E-state index contributed by atoms with van der Waals surface area (Å²) in [4.78, 5) is 4.59. The van der Waals surface area contributed by atoms with Crippen molar-refractivity contribution in [3.05, 3.63) is 65.2 Å². The third-order valence-corrected chi connectivity index (χ3v) is 5.25. The van der Waals surface area contributed by atoms with Crippen molar-refractivity contribution in [2.75, 3.05) is 13.1 Å². The summed E-state index contributed by atoms with van der Waals surface area (Å²) in [5.41, 5.74) is 0.708. The number of benzene rings is 2. The molecule has 0 spiro atoms. The van der Waals surface area contributed by atoms with Crippen LogP contribution in [0, 0.1) is 0 Å². The summed E-state index contributed by atoms with van der Waals surface area (Å²) in [5.74, 6) is 0.446. The van der Waals surface area contributed by atoms with E-state index in [0.717, 1.165) is 0 Å². The molecule has 2 aromatic carbocycles. The van der Waals surface area contributed by atoms with Gasteiger partial charge in [0.2, 0.25) is 0 Å². The molecule has 0 amide bonds. The van der Waals surface area contributed by atoms with Crippen LogP contribution in [0.5, 0.6) is 0 Å². The number of nitrogens with zero attached hydrogens (tertiary/aromatic N) is 2. The number of sulfonamides is 1. The maximum Gasteiger partial charge on any atom is 0.265 e. The molecule has 1 aliphatic heterocycles. The monoisotopic (exact) mass is 320 g/mol. The molecule has 3 rings (SSSR count). The van der Waals surface area contributed by atoms with Gasteiger partial charge in [0, 0.05) is 10.6 Å². The van der Waals surface area contributed by atoms with E-state index >= 15 is 0 Å². The van der Waals surface area contributed by atoms with Crippen LogP contribution in [0.1, 0.15) is 5.56 Å². The van der Waals surface area contributed by atoms with Gasteiger partial charge in [0.15, 0.2) is 0 Å². The van der Waals surface area contributed by atoms with E-state index in [-0.39, 0.29) is 4.90 Å². The fourth-order valence-electron chi connectivity index (χ4n) is 2.25. The van der Waals surface area contributed by atoms with Gasteiger partial charge in [-0.3, -0.25) is 4.99 Å². The summed E-state index contributed by atoms with van der Waals surface area (Å²) in [7, 11) is -3.59. The van der Waals surface area contributed by atoms with Crippen molar-refractivity contribution in [2.24, 2.45) is 4.99 Å². The summed E-state index contributed by atoms with van der Waals surface area (Å²) >= 11 is 5.98. The first-order chi connectivity index (χ1) is 10.1. The highest BCUT2D eigenvalue weighted by molar-refractivity contribution is 7.89. The number of halogens is 1. The lowest BCUT2D eigenvalue weighted by Gasteiger charge is -2.20. The van der Waals surface area contributed by atoms with Gasteiger partial charge in [0.1, 0.15) is 5.84 Å². The Kier molecular flexibility index (Phi) is 3.69. The Bertz CT molecular complexity index is 788. The molecule has 0 N–H and O–H groups in total. The molecular weight excluding hydrogens is 308 g/mol. The molecular formula is C15H13ClN2O2S. The Balaban J connectivity index is 2.02. The molecule has 108 valence electrons. The molecule has 0 fully saturated rings. The smallest absolute Gasteiger partial charge is 0.265 e. The summed E-state index contributed by atoms with van der Waals surface area (Å²) in [6.07, 6.45) is 0. The van der Waals surface area contributed by atoms with E-state index in [1.807, 2.05) is 6.07 Å². The highest BCUT2D eigenvalue weighted by Gasteiger charge is 2.31. The van der Waals surface area contributed by atoms with Crippen molar-refractivity contribution in [2.45, 2.75) is 4.90 Å². The molecule has 0 unspecified atom stereocenters. The first kappa shape index (κ1) is 14.1. The maximum atomic E-state index is 12.7. The van der Waals surface area contributed by atoms with Crippen molar-refractivity contribution in [1.29, 1.82) is 0 Å². The minimum atomic E-state index is -3.59. The highest BCUT2D eigenvalue weighted by atomic mass is 35.5. The molecule has 1 heterocycles. The van der Waals surface area contributed by atoms with Crippen LogP contribution in [-0.4, -0.2) is 31.6 Å². The fourth-order valence-corrected chi connectivity index (χ4v) is 3.91. The van der Waals surface area contributed by atoms with Gasteiger partial charge in [-0.25, -0.2) is 12.7 Å². The quantitative estimate of drug-likeness (QED) is 0.873. The van der Waals surface area contributed by atoms with Crippen LogP contribution in [-0.2, 0) is 10.0 Å². The van der Waals surface area contributed by atoms with Gasteiger partial charge in [0.25, 0.3) is 10.0 Å². The van der Waals surface area contributed by atoms with Crippen molar-refractivity contribution < 1.29 is 8.42 Å². The molecule has 4 nitrogen and oxygen atoms in total. The average Bonchev–Trinajstić information content (AvgIpc) is 2.98. The molecule has 2 aromatic rings. The molecule has 0 bridgehead atoms. The summed E-state index contributed by atoms with van der Waals surface area (Å²) in [5, 5.41) is 0.555. The number of rotatable bonds is 3. The summed E-state index contributed by atoms with van der Waals surface area (Å²) < 4.78 is 26.8. The predicted octanol–water partition coefficient (Wildman–Crippen LogP) is 2.79. The van der Waals surface area contributed by atoms with Crippen LogP contribution < -0.4 is 0 Å². The van der Waals surface area contributed by atoms with E-state index in [0.29, 0.717) is 29.5 Å². The summed E-state index contributed by atoms with van der Waals surface area (Å²) in [6.45, 7) is 0.799. The Hall–Kier alpha value is -1.85. The molecule has 0 saturated carbocycles. The molecule has 0 atom stereocenters. The second-order valence-corrected chi connectivity index (χ2v) is 6.90. The van der Waals surface area contributed by atoms with E-state index in [2.05, 4.69) is 4.99 Å². The van der Waals surface area contributed by atoms with Crippen LogP contribution >= 0.6 is 11.6 Å². The Morgan fingerprint density at radius 1 is 1.05 bits per heavy atom. The third kappa shape index (κ3) is 2.66. The van der Waals surface area contributed by atoms with E-state index in [9.17, 15) is 8.42 Å². The lowest BCUT2D eigenvalue weighted by molar-refractivity contribution is 0.538. The number of amidine groups is 1. The van der Waals surface area contributed by atoms with Gasteiger partial charge in [-0.1, -0.05) is 41.9 Å². The van der Waals surface area contributed by atoms with Gasteiger partial charge >= 0.3 is 0 Å². The fraction of sp³-hybridized carbons (Fsp3) is 0.133. The largest absolute Gasteiger partial charge is 0.265 e. The highest BCUT2D eigenvalue weighted by Crippen LogP contribution is 2.23. The van der Waals surface area contributed by atoms with Crippen molar-refractivity contribution in [3.8, 4) is 0 Å². The topological polar surface area (TPSA) is 49.7 Å². The van der Waals surface area contributed by atoms with E-state index in [1.165, 1.54) is 4.31 Å². The van der Waals surface area contributed by atoms with Gasteiger partial charge in [0.05, 0.1) is 18.0 Å². The van der Waals surface area contributed by atoms with Crippen LogP contribution in [0.25, 0.3) is 0 Å². The normalized spacial score (nSPS) is 15.1. The first-order valence-electron chi connectivity index (χ1n) is 6.47. The zero-order valence-corrected chi connectivity index (χ0v) is 12.7. The first-order valence-corrected chi connectivity index (χ1v) is 8.29. The van der Waals surface area contributed by atoms with E-state index in [4.69, 9.17) is 11.6 Å². The second-order valence-electron chi connectivity index (χ2n) is 4.61. The lowest BCUT2D eigenvalue weighted by Crippen LogP contribution is -2.34. The van der Waals surface area contributed by atoms with E-state index < -0.39 is 10.0 Å². The number of aliphatic imine (C=N–C) groups is 1. The van der Waals surface area contributed by atoms with Crippen molar-refractivity contribution >= 4 is 27.5 Å². The molecule has 1 aliphatic rings. The van der Waals surface area contributed by atoms with Gasteiger partial charge in [-0.05, 0) is 24.3 Å². The Labute approximate surface area is 128 Å². The molecule has 6 heteroatoms. The molecule has 21 heavy (non-hydrogen) atoms. The number of hydrogen-bond donors (Lipinski definition) is 0. The zero-order valence-electron chi connectivity index (χ0n) is 11.1. The Morgan fingerprint density at radius 3 is 2.52 bits per heavy atom. The number of hydrogen-bond acceptors (Lipinski definition) is 3. The summed E-state index contributed by atoms with van der Waals surface area (Å²) in [6, 6.07) is 15.4. The van der Waals surface area contributed by atoms with Gasteiger partial charge in [-0.2, -0.15) is 0 Å². The van der Waals surface area contributed by atoms with Crippen molar-refractivity contribution in [1.82, 2.24) is 4.31 Å². The van der Waals surface area contributed by atoms with Crippen LogP contribution in [0.4, 0.5) is 0 Å². The molecule has 0 aromatic heterocycles.